The predicted octanol–water partition coefficient (Wildman–Crippen LogP) is 2.59. The third-order valence-corrected chi connectivity index (χ3v) is 4.43. The summed E-state index contributed by atoms with van der Waals surface area (Å²) in [5.41, 5.74) is 8.64. The Hall–Kier alpha value is -1.84. The summed E-state index contributed by atoms with van der Waals surface area (Å²) < 4.78 is 0. The van der Waals surface area contributed by atoms with Crippen molar-refractivity contribution in [1.82, 2.24) is 0 Å². The maximum absolute atomic E-state index is 6.35. The van der Waals surface area contributed by atoms with Gasteiger partial charge >= 0.3 is 0 Å². The van der Waals surface area contributed by atoms with E-state index in [0.29, 0.717) is 5.02 Å². The van der Waals surface area contributed by atoms with Crippen LogP contribution in [-0.4, -0.2) is 12.2 Å². The number of hydrogen-bond acceptors (Lipinski definition) is 3. The lowest BCUT2D eigenvalue weighted by Crippen LogP contribution is -2.50. The number of nitrogens with zero attached hydrogens (tertiary/aromatic N) is 2. The first kappa shape index (κ1) is 15.1. The predicted molar refractivity (Wildman–Crippen MR) is 92.4 cm³/mol. The van der Waals surface area contributed by atoms with Crippen LogP contribution in [0.15, 0.2) is 47.5 Å². The van der Waals surface area contributed by atoms with Gasteiger partial charge in [0.15, 0.2) is 0 Å². The van der Waals surface area contributed by atoms with Crippen molar-refractivity contribution < 1.29 is 0 Å². The lowest BCUT2D eigenvalue weighted by molar-refractivity contribution is 0.510. The van der Waals surface area contributed by atoms with Gasteiger partial charge < -0.3 is 10.6 Å². The summed E-state index contributed by atoms with van der Waals surface area (Å²) in [6, 6.07) is 14.0. The Labute approximate surface area is 135 Å². The average molecular weight is 314 g/mol. The van der Waals surface area contributed by atoms with Crippen LogP contribution in [0.25, 0.3) is 6.20 Å². The van der Waals surface area contributed by atoms with Gasteiger partial charge in [0.1, 0.15) is 6.17 Å². The number of hydrogen-bond donors (Lipinski definition) is 1. The third kappa shape index (κ3) is 2.62. The van der Waals surface area contributed by atoms with Gasteiger partial charge in [0, 0.05) is 23.1 Å². The Morgan fingerprint density at radius 1 is 1.23 bits per heavy atom. The minimum Gasteiger partial charge on any atom is -0.324 e. The minimum atomic E-state index is -0.114. The zero-order valence-corrected chi connectivity index (χ0v) is 13.6. The standard InChI is InChI=1S/C18H20ClN3/c1-3-15(20)18-21-16-9-6-8-14(19)13(16)11-22(18)17-10-5-4-7-12(17)2/h4-11,15,18H,3,20H2,1-2H3/t15?,18-/m1/s1. The number of halogens is 1. The van der Waals surface area contributed by atoms with E-state index >= 15 is 0 Å². The molecule has 1 heterocycles. The second-order valence-corrected chi connectivity index (χ2v) is 6.02. The molecule has 0 saturated carbocycles. The van der Waals surface area contributed by atoms with E-state index < -0.39 is 0 Å². The highest BCUT2D eigenvalue weighted by molar-refractivity contribution is 6.30. The van der Waals surface area contributed by atoms with Gasteiger partial charge in [-0.05, 0) is 37.1 Å². The van der Waals surface area contributed by atoms with Gasteiger partial charge in [-0.2, -0.15) is 0 Å². The summed E-state index contributed by atoms with van der Waals surface area (Å²) in [4.78, 5) is 7.01. The Balaban J connectivity index is 2.22. The molecule has 0 aliphatic carbocycles. The van der Waals surface area contributed by atoms with E-state index in [9.17, 15) is 0 Å². The highest BCUT2D eigenvalue weighted by atomic mass is 35.5. The largest absolute Gasteiger partial charge is 0.324 e. The van der Waals surface area contributed by atoms with Gasteiger partial charge in [0.2, 0.25) is 0 Å². The van der Waals surface area contributed by atoms with Crippen molar-refractivity contribution >= 4 is 23.5 Å². The van der Waals surface area contributed by atoms with E-state index in [2.05, 4.69) is 37.1 Å². The zero-order chi connectivity index (χ0) is 15.7. The summed E-state index contributed by atoms with van der Waals surface area (Å²) in [6.45, 7) is 4.18. The molecule has 3 rings (SSSR count). The second kappa shape index (κ2) is 6.11. The quantitative estimate of drug-likeness (QED) is 0.946. The van der Waals surface area contributed by atoms with Crippen molar-refractivity contribution in [1.29, 1.82) is 0 Å². The van der Waals surface area contributed by atoms with Crippen molar-refractivity contribution in [2.45, 2.75) is 32.5 Å². The number of nitrogens with two attached hydrogens (primary N) is 1. The van der Waals surface area contributed by atoms with Crippen LogP contribution in [0.2, 0.25) is 5.02 Å². The molecule has 0 saturated heterocycles. The molecule has 1 unspecified atom stereocenters. The third-order valence-electron chi connectivity index (χ3n) is 4.10. The molecule has 0 fully saturated rings. The average Bonchev–Trinajstić information content (AvgIpc) is 2.54. The van der Waals surface area contributed by atoms with E-state index in [0.717, 1.165) is 22.7 Å². The fourth-order valence-corrected chi connectivity index (χ4v) is 2.98. The lowest BCUT2D eigenvalue weighted by Gasteiger charge is -2.34. The van der Waals surface area contributed by atoms with Crippen LogP contribution in [0.5, 0.6) is 0 Å². The Morgan fingerprint density at radius 2 is 2.00 bits per heavy atom. The van der Waals surface area contributed by atoms with E-state index in [-0.39, 0.29) is 12.2 Å². The van der Waals surface area contributed by atoms with Gasteiger partial charge in [-0.15, -0.1) is 0 Å². The molecule has 0 radical (unpaired) electrons. The van der Waals surface area contributed by atoms with Crippen molar-refractivity contribution in [3.63, 3.8) is 0 Å². The summed E-state index contributed by atoms with van der Waals surface area (Å²) in [7, 11) is 0. The summed E-state index contributed by atoms with van der Waals surface area (Å²) >= 11 is 6.35. The molecular formula is C18H20ClN3. The van der Waals surface area contributed by atoms with Gasteiger partial charge in [-0.1, -0.05) is 42.8 Å². The van der Waals surface area contributed by atoms with E-state index in [1.54, 1.807) is 0 Å². The fraction of sp³-hybridized carbons (Fsp3) is 0.278. The SMILES string of the molecule is CCC(N)[C@@H]1N=c2cccc(Cl)c2=CN1c1ccccc1C. The van der Waals surface area contributed by atoms with Crippen LogP contribution in [0.1, 0.15) is 18.9 Å². The smallest absolute Gasteiger partial charge is 0.140 e. The molecule has 0 bridgehead atoms. The van der Waals surface area contributed by atoms with Crippen molar-refractivity contribution in [2.24, 2.45) is 10.7 Å². The Bertz CT molecular complexity index is 800. The van der Waals surface area contributed by atoms with Crippen molar-refractivity contribution in [3.05, 3.63) is 63.6 Å². The van der Waals surface area contributed by atoms with E-state index in [1.165, 1.54) is 5.56 Å². The lowest BCUT2D eigenvalue weighted by atomic mass is 10.1. The minimum absolute atomic E-state index is 0.0389. The maximum Gasteiger partial charge on any atom is 0.140 e. The molecular weight excluding hydrogens is 294 g/mol. The molecule has 1 aliphatic heterocycles. The van der Waals surface area contributed by atoms with Crippen LogP contribution >= 0.6 is 11.6 Å². The molecule has 114 valence electrons. The molecule has 0 aromatic heterocycles. The van der Waals surface area contributed by atoms with Crippen LogP contribution in [0.4, 0.5) is 5.69 Å². The number of anilines is 1. The molecule has 2 atom stereocenters. The number of para-hydroxylation sites is 1. The van der Waals surface area contributed by atoms with Crippen LogP contribution in [0, 0.1) is 6.92 Å². The monoisotopic (exact) mass is 313 g/mol. The Kier molecular flexibility index (Phi) is 4.19. The van der Waals surface area contributed by atoms with Crippen LogP contribution in [0.3, 0.4) is 0 Å². The number of fused-ring (bicyclic) bond motifs is 1. The molecule has 3 nitrogen and oxygen atoms in total. The van der Waals surface area contributed by atoms with Crippen LogP contribution < -0.4 is 21.2 Å². The van der Waals surface area contributed by atoms with Crippen molar-refractivity contribution in [2.75, 3.05) is 4.90 Å². The zero-order valence-electron chi connectivity index (χ0n) is 12.8. The maximum atomic E-state index is 6.35. The van der Waals surface area contributed by atoms with E-state index in [4.69, 9.17) is 22.3 Å². The molecule has 4 heteroatoms. The summed E-state index contributed by atoms with van der Waals surface area (Å²) in [5.74, 6) is 0. The first-order chi connectivity index (χ1) is 10.6. The molecule has 2 aromatic carbocycles. The molecule has 0 amide bonds. The molecule has 2 aromatic rings. The van der Waals surface area contributed by atoms with Crippen LogP contribution in [-0.2, 0) is 0 Å². The summed E-state index contributed by atoms with van der Waals surface area (Å²) in [6.07, 6.45) is 2.82. The molecule has 1 aliphatic rings. The highest BCUT2D eigenvalue weighted by Crippen LogP contribution is 2.25. The fourth-order valence-electron chi connectivity index (χ4n) is 2.76. The first-order valence-corrected chi connectivity index (χ1v) is 7.93. The topological polar surface area (TPSA) is 41.6 Å². The number of benzene rings is 2. The van der Waals surface area contributed by atoms with Crippen molar-refractivity contribution in [3.8, 4) is 0 Å². The Morgan fingerprint density at radius 3 is 2.73 bits per heavy atom. The van der Waals surface area contributed by atoms with Gasteiger partial charge in [0.25, 0.3) is 0 Å². The molecule has 2 N–H and O–H groups in total. The second-order valence-electron chi connectivity index (χ2n) is 5.61. The molecule has 0 spiro atoms. The van der Waals surface area contributed by atoms with Gasteiger partial charge in [-0.25, -0.2) is 0 Å². The normalized spacial score (nSPS) is 18.2. The van der Waals surface area contributed by atoms with Gasteiger partial charge in [0.05, 0.1) is 10.4 Å². The van der Waals surface area contributed by atoms with Gasteiger partial charge in [-0.3, -0.25) is 4.99 Å². The number of aryl methyl sites for hydroxylation is 1. The molecule has 22 heavy (non-hydrogen) atoms. The highest BCUT2D eigenvalue weighted by Gasteiger charge is 2.25. The first-order valence-electron chi connectivity index (χ1n) is 7.55. The number of rotatable bonds is 3. The van der Waals surface area contributed by atoms with E-state index in [1.807, 2.05) is 30.3 Å². The summed E-state index contributed by atoms with van der Waals surface area (Å²) in [5, 5.41) is 2.57.